The van der Waals surface area contributed by atoms with Crippen LogP contribution in [0.25, 0.3) is 0 Å². The molecule has 5 nitrogen and oxygen atoms in total. The van der Waals surface area contributed by atoms with E-state index in [1.807, 2.05) is 0 Å². The minimum absolute atomic E-state index is 0.0731. The van der Waals surface area contributed by atoms with Gasteiger partial charge in [-0.25, -0.2) is 4.79 Å². The Morgan fingerprint density at radius 3 is 2.05 bits per heavy atom. The molecule has 0 aromatic heterocycles. The van der Waals surface area contributed by atoms with E-state index in [1.165, 1.54) is 24.3 Å². The molecule has 0 atom stereocenters. The van der Waals surface area contributed by atoms with Gasteiger partial charge >= 0.3 is 5.97 Å². The minimum atomic E-state index is -1.16. The third-order valence-corrected chi connectivity index (χ3v) is 3.85. The monoisotopic (exact) mass is 277 g/mol. The summed E-state index contributed by atoms with van der Waals surface area (Å²) in [7, 11) is 0. The van der Waals surface area contributed by atoms with E-state index in [9.17, 15) is 19.8 Å². The van der Waals surface area contributed by atoms with E-state index in [-0.39, 0.29) is 5.75 Å². The predicted molar refractivity (Wildman–Crippen MR) is 73.6 cm³/mol. The predicted octanol–water partition coefficient (Wildman–Crippen LogP) is 2.30. The van der Waals surface area contributed by atoms with Gasteiger partial charge in [0.15, 0.2) is 0 Å². The van der Waals surface area contributed by atoms with Crippen LogP contribution in [0, 0.1) is 0 Å². The van der Waals surface area contributed by atoms with Crippen LogP contribution in [0.5, 0.6) is 5.75 Å². The first-order valence-electron chi connectivity index (χ1n) is 6.88. The van der Waals surface area contributed by atoms with Crippen LogP contribution < -0.4 is 5.32 Å². The molecule has 0 aliphatic heterocycles. The molecule has 3 N–H and O–H groups in total. The van der Waals surface area contributed by atoms with E-state index < -0.39 is 17.4 Å². The summed E-state index contributed by atoms with van der Waals surface area (Å²) in [6.07, 6.45) is 4.55. The number of carbonyl (C=O) groups excluding carboxylic acids is 1. The molecular weight excluding hydrogens is 258 g/mol. The number of carboxylic acids is 1. The molecule has 1 fully saturated rings. The van der Waals surface area contributed by atoms with Crippen LogP contribution in [0.1, 0.15) is 48.9 Å². The molecule has 0 bridgehead atoms. The lowest BCUT2D eigenvalue weighted by Crippen LogP contribution is -2.54. The van der Waals surface area contributed by atoms with Gasteiger partial charge in [-0.05, 0) is 37.1 Å². The third kappa shape index (κ3) is 3.10. The van der Waals surface area contributed by atoms with Crippen LogP contribution >= 0.6 is 0 Å². The van der Waals surface area contributed by atoms with Gasteiger partial charge in [0.05, 0.1) is 0 Å². The summed E-state index contributed by atoms with van der Waals surface area (Å²) in [4.78, 5) is 23.8. The van der Waals surface area contributed by atoms with Crippen molar-refractivity contribution in [2.75, 3.05) is 0 Å². The molecule has 2 rings (SSSR count). The fourth-order valence-corrected chi connectivity index (χ4v) is 2.63. The molecule has 0 radical (unpaired) electrons. The van der Waals surface area contributed by atoms with Gasteiger partial charge in [-0.2, -0.15) is 0 Å². The van der Waals surface area contributed by atoms with Gasteiger partial charge in [0.25, 0.3) is 5.91 Å². The van der Waals surface area contributed by atoms with Crippen molar-refractivity contribution in [3.63, 3.8) is 0 Å². The van der Waals surface area contributed by atoms with E-state index in [2.05, 4.69) is 5.32 Å². The number of amides is 1. The lowest BCUT2D eigenvalue weighted by atomic mass is 9.90. The molecule has 1 aliphatic carbocycles. The number of phenolic OH excluding ortho intramolecular Hbond substituents is 1. The summed E-state index contributed by atoms with van der Waals surface area (Å²) in [5.41, 5.74) is -0.807. The molecule has 1 aromatic rings. The standard InChI is InChI=1S/C15H19NO4/c17-12-7-5-11(6-8-12)13(18)16-15(14(19)20)9-3-1-2-4-10-15/h5-8,17H,1-4,9-10H2,(H,16,18)(H,19,20). The number of carbonyl (C=O) groups is 2. The van der Waals surface area contributed by atoms with Crippen molar-refractivity contribution in [1.29, 1.82) is 0 Å². The Morgan fingerprint density at radius 2 is 1.55 bits per heavy atom. The van der Waals surface area contributed by atoms with Crippen LogP contribution in [-0.2, 0) is 4.79 Å². The highest BCUT2D eigenvalue weighted by atomic mass is 16.4. The van der Waals surface area contributed by atoms with E-state index >= 15 is 0 Å². The molecule has 1 aromatic carbocycles. The quantitative estimate of drug-likeness (QED) is 0.740. The molecular formula is C15H19NO4. The highest BCUT2D eigenvalue weighted by Gasteiger charge is 2.40. The Balaban J connectivity index is 2.17. The Labute approximate surface area is 117 Å². The van der Waals surface area contributed by atoms with Crippen LogP contribution in [0.3, 0.4) is 0 Å². The molecule has 0 unspecified atom stereocenters. The number of aromatic hydroxyl groups is 1. The van der Waals surface area contributed by atoms with E-state index in [1.54, 1.807) is 0 Å². The highest BCUT2D eigenvalue weighted by molar-refractivity contribution is 5.98. The first-order valence-corrected chi connectivity index (χ1v) is 6.88. The maximum absolute atomic E-state index is 12.2. The number of phenols is 1. The van der Waals surface area contributed by atoms with Crippen molar-refractivity contribution < 1.29 is 19.8 Å². The van der Waals surface area contributed by atoms with Crippen LogP contribution in [0.4, 0.5) is 0 Å². The lowest BCUT2D eigenvalue weighted by molar-refractivity contribution is -0.145. The highest BCUT2D eigenvalue weighted by Crippen LogP contribution is 2.28. The number of carboxylic acid groups (broad SMARTS) is 1. The van der Waals surface area contributed by atoms with E-state index in [0.717, 1.165) is 25.7 Å². The zero-order chi connectivity index (χ0) is 14.6. The van der Waals surface area contributed by atoms with Crippen molar-refractivity contribution in [3.8, 4) is 5.75 Å². The topological polar surface area (TPSA) is 86.6 Å². The third-order valence-electron chi connectivity index (χ3n) is 3.85. The van der Waals surface area contributed by atoms with Gasteiger partial charge < -0.3 is 15.5 Å². The normalized spacial score (nSPS) is 18.0. The Kier molecular flexibility index (Phi) is 4.27. The minimum Gasteiger partial charge on any atom is -0.508 e. The first-order chi connectivity index (χ1) is 9.53. The lowest BCUT2D eigenvalue weighted by Gasteiger charge is -2.29. The summed E-state index contributed by atoms with van der Waals surface area (Å²) in [6.45, 7) is 0. The summed E-state index contributed by atoms with van der Waals surface area (Å²) >= 11 is 0. The summed E-state index contributed by atoms with van der Waals surface area (Å²) < 4.78 is 0. The van der Waals surface area contributed by atoms with Crippen LogP contribution in [0.15, 0.2) is 24.3 Å². The van der Waals surface area contributed by atoms with Gasteiger partial charge in [-0.15, -0.1) is 0 Å². The maximum Gasteiger partial charge on any atom is 0.329 e. The molecule has 108 valence electrons. The van der Waals surface area contributed by atoms with Gasteiger partial charge in [0, 0.05) is 5.56 Å². The molecule has 0 heterocycles. The van der Waals surface area contributed by atoms with Gasteiger partial charge in [0.2, 0.25) is 0 Å². The van der Waals surface area contributed by atoms with Gasteiger partial charge in [-0.1, -0.05) is 25.7 Å². The fourth-order valence-electron chi connectivity index (χ4n) is 2.63. The molecule has 20 heavy (non-hydrogen) atoms. The van der Waals surface area contributed by atoms with E-state index in [4.69, 9.17) is 0 Å². The molecule has 1 amide bonds. The van der Waals surface area contributed by atoms with Gasteiger partial charge in [-0.3, -0.25) is 4.79 Å². The van der Waals surface area contributed by atoms with Gasteiger partial charge in [0.1, 0.15) is 11.3 Å². The second-order valence-corrected chi connectivity index (χ2v) is 5.30. The van der Waals surface area contributed by atoms with Crippen LogP contribution in [0.2, 0.25) is 0 Å². The smallest absolute Gasteiger partial charge is 0.329 e. The summed E-state index contributed by atoms with van der Waals surface area (Å²) in [5, 5.41) is 21.4. The number of benzene rings is 1. The second-order valence-electron chi connectivity index (χ2n) is 5.30. The zero-order valence-electron chi connectivity index (χ0n) is 11.3. The molecule has 1 aliphatic rings. The Hall–Kier alpha value is -2.04. The molecule has 5 heteroatoms. The summed E-state index contributed by atoms with van der Waals surface area (Å²) in [5.74, 6) is -1.30. The molecule has 1 saturated carbocycles. The number of rotatable bonds is 3. The number of nitrogens with one attached hydrogen (secondary N) is 1. The molecule has 0 spiro atoms. The van der Waals surface area contributed by atoms with E-state index in [0.29, 0.717) is 18.4 Å². The number of hydrogen-bond acceptors (Lipinski definition) is 3. The summed E-state index contributed by atoms with van der Waals surface area (Å²) in [6, 6.07) is 5.79. The fraction of sp³-hybridized carbons (Fsp3) is 0.467. The number of hydrogen-bond donors (Lipinski definition) is 3. The largest absolute Gasteiger partial charge is 0.508 e. The second kappa shape index (κ2) is 5.94. The van der Waals surface area contributed by atoms with Crippen molar-refractivity contribution in [3.05, 3.63) is 29.8 Å². The Bertz CT molecular complexity index is 487. The average molecular weight is 277 g/mol. The SMILES string of the molecule is O=C(NC1(C(=O)O)CCCCCC1)c1ccc(O)cc1. The molecule has 0 saturated heterocycles. The van der Waals surface area contributed by atoms with Crippen LogP contribution in [-0.4, -0.2) is 27.6 Å². The van der Waals surface area contributed by atoms with Crippen molar-refractivity contribution in [2.24, 2.45) is 0 Å². The van der Waals surface area contributed by atoms with Crippen molar-refractivity contribution >= 4 is 11.9 Å². The van der Waals surface area contributed by atoms with Crippen molar-refractivity contribution in [2.45, 2.75) is 44.1 Å². The Morgan fingerprint density at radius 1 is 1.00 bits per heavy atom. The van der Waals surface area contributed by atoms with Crippen molar-refractivity contribution in [1.82, 2.24) is 5.32 Å². The average Bonchev–Trinajstić information content (AvgIpc) is 2.66. The maximum atomic E-state index is 12.2. The number of aliphatic carboxylic acids is 1. The zero-order valence-corrected chi connectivity index (χ0v) is 11.3. The first kappa shape index (κ1) is 14.4.